The van der Waals surface area contributed by atoms with E-state index in [1.165, 1.54) is 13.2 Å². The maximum atomic E-state index is 13.4. The van der Waals surface area contributed by atoms with E-state index >= 15 is 0 Å². The largest absolute Gasteiger partial charge is 0.466 e. The molecule has 0 aliphatic carbocycles. The third kappa shape index (κ3) is 2.54. The van der Waals surface area contributed by atoms with Crippen molar-refractivity contribution >= 4 is 11.8 Å². The summed E-state index contributed by atoms with van der Waals surface area (Å²) in [5, 5.41) is 2.98. The number of allylic oxidation sites excluding steroid dienone is 1. The van der Waals surface area contributed by atoms with Crippen LogP contribution in [0.3, 0.4) is 0 Å². The molecule has 0 amide bonds. The Kier molecular flexibility index (Phi) is 3.83. The first kappa shape index (κ1) is 14.2. The van der Waals surface area contributed by atoms with E-state index in [-0.39, 0.29) is 5.57 Å². The fourth-order valence-corrected chi connectivity index (χ4v) is 2.15. The molecular formula is C14H14F2N2O2. The molecule has 0 radical (unpaired) electrons. The zero-order valence-electron chi connectivity index (χ0n) is 11.3. The number of methoxy groups -OCH3 is 1. The van der Waals surface area contributed by atoms with Crippen LogP contribution in [-0.4, -0.2) is 18.9 Å². The van der Waals surface area contributed by atoms with Crippen molar-refractivity contribution in [3.05, 3.63) is 46.7 Å². The second-order valence-electron chi connectivity index (χ2n) is 4.44. The van der Waals surface area contributed by atoms with Gasteiger partial charge in [-0.15, -0.1) is 0 Å². The molecule has 1 atom stereocenters. The predicted molar refractivity (Wildman–Crippen MR) is 70.1 cm³/mol. The molecule has 1 aromatic carbocycles. The third-order valence-electron chi connectivity index (χ3n) is 3.05. The van der Waals surface area contributed by atoms with Gasteiger partial charge in [-0.25, -0.2) is 18.6 Å². The normalized spacial score (nSPS) is 18.4. The van der Waals surface area contributed by atoms with E-state index in [0.717, 1.165) is 12.1 Å². The number of nitrogens with zero attached hydrogens (tertiary/aromatic N) is 1. The van der Waals surface area contributed by atoms with Gasteiger partial charge in [-0.3, -0.25) is 0 Å². The van der Waals surface area contributed by atoms with Crippen LogP contribution in [0.5, 0.6) is 0 Å². The molecule has 6 heteroatoms. The van der Waals surface area contributed by atoms with E-state index < -0.39 is 23.6 Å². The summed E-state index contributed by atoms with van der Waals surface area (Å²) in [6.07, 6.45) is 0. The van der Waals surface area contributed by atoms with Crippen molar-refractivity contribution in [1.29, 1.82) is 0 Å². The second-order valence-corrected chi connectivity index (χ2v) is 4.44. The van der Waals surface area contributed by atoms with Gasteiger partial charge in [0.1, 0.15) is 0 Å². The number of esters is 1. The number of nitrogens with one attached hydrogen (secondary N) is 1. The standard InChI is InChI=1S/C14H14F2N2O2/c1-7-12(14(19)20-3)13(18-8(2)17-7)9-4-5-10(15)11(16)6-9/h4-6,13H,1-3H3,(H,17,18). The van der Waals surface area contributed by atoms with Crippen LogP contribution in [0.1, 0.15) is 25.5 Å². The lowest BCUT2D eigenvalue weighted by Gasteiger charge is -2.26. The van der Waals surface area contributed by atoms with Gasteiger partial charge in [0.2, 0.25) is 0 Å². The molecule has 1 N–H and O–H groups in total. The van der Waals surface area contributed by atoms with E-state index in [1.807, 2.05) is 0 Å². The second kappa shape index (κ2) is 5.40. The number of hydrogen-bond donors (Lipinski definition) is 1. The van der Waals surface area contributed by atoms with Crippen molar-refractivity contribution in [3.8, 4) is 0 Å². The number of halogens is 2. The molecular weight excluding hydrogens is 266 g/mol. The number of amidine groups is 1. The molecule has 2 rings (SSSR count). The zero-order chi connectivity index (χ0) is 14.9. The van der Waals surface area contributed by atoms with Crippen LogP contribution in [0.4, 0.5) is 8.78 Å². The van der Waals surface area contributed by atoms with Gasteiger partial charge >= 0.3 is 5.97 Å². The SMILES string of the molecule is COC(=O)C1=C(C)N=C(C)NC1c1ccc(F)c(F)c1. The van der Waals surface area contributed by atoms with E-state index in [9.17, 15) is 13.6 Å². The molecule has 1 aliphatic rings. The Hall–Kier alpha value is -2.24. The van der Waals surface area contributed by atoms with Crippen molar-refractivity contribution in [1.82, 2.24) is 5.32 Å². The zero-order valence-corrected chi connectivity index (χ0v) is 11.3. The lowest BCUT2D eigenvalue weighted by atomic mass is 9.95. The van der Waals surface area contributed by atoms with Crippen molar-refractivity contribution < 1.29 is 18.3 Å². The highest BCUT2D eigenvalue weighted by molar-refractivity contribution is 5.95. The van der Waals surface area contributed by atoms with E-state index in [4.69, 9.17) is 4.74 Å². The summed E-state index contributed by atoms with van der Waals surface area (Å²) in [5.41, 5.74) is 1.20. The molecule has 20 heavy (non-hydrogen) atoms. The summed E-state index contributed by atoms with van der Waals surface area (Å²) >= 11 is 0. The highest BCUT2D eigenvalue weighted by Crippen LogP contribution is 2.29. The smallest absolute Gasteiger partial charge is 0.338 e. The topological polar surface area (TPSA) is 50.7 Å². The maximum absolute atomic E-state index is 13.4. The van der Waals surface area contributed by atoms with Gasteiger partial charge in [0.05, 0.1) is 30.3 Å². The van der Waals surface area contributed by atoms with Crippen LogP contribution < -0.4 is 5.32 Å². The Balaban J connectivity index is 2.51. The molecule has 0 aromatic heterocycles. The number of rotatable bonds is 2. The maximum Gasteiger partial charge on any atom is 0.338 e. The minimum atomic E-state index is -0.966. The summed E-state index contributed by atoms with van der Waals surface area (Å²) in [4.78, 5) is 16.0. The number of aliphatic imine (C=N–C) groups is 1. The quantitative estimate of drug-likeness (QED) is 0.847. The van der Waals surface area contributed by atoms with Crippen molar-refractivity contribution in [2.45, 2.75) is 19.9 Å². The van der Waals surface area contributed by atoms with Gasteiger partial charge in [-0.05, 0) is 31.5 Å². The number of carbonyl (C=O) groups excluding carboxylic acids is 1. The molecule has 1 heterocycles. The fourth-order valence-electron chi connectivity index (χ4n) is 2.15. The Bertz CT molecular complexity index is 624. The van der Waals surface area contributed by atoms with E-state index in [1.54, 1.807) is 13.8 Å². The minimum absolute atomic E-state index is 0.282. The van der Waals surface area contributed by atoms with Crippen LogP contribution >= 0.6 is 0 Å². The summed E-state index contributed by atoms with van der Waals surface area (Å²) in [5.74, 6) is -1.87. The van der Waals surface area contributed by atoms with Crippen molar-refractivity contribution in [3.63, 3.8) is 0 Å². The molecule has 0 saturated carbocycles. The van der Waals surface area contributed by atoms with Crippen LogP contribution in [0.25, 0.3) is 0 Å². The Morgan fingerprint density at radius 3 is 2.60 bits per heavy atom. The Labute approximate surface area is 115 Å². The molecule has 106 valence electrons. The Morgan fingerprint density at radius 1 is 1.30 bits per heavy atom. The number of benzene rings is 1. The lowest BCUT2D eigenvalue weighted by Crippen LogP contribution is -2.34. The van der Waals surface area contributed by atoms with Gasteiger partial charge in [0.15, 0.2) is 11.6 Å². The molecule has 1 unspecified atom stereocenters. The fraction of sp³-hybridized carbons (Fsp3) is 0.286. The number of hydrogen-bond acceptors (Lipinski definition) is 4. The molecule has 0 saturated heterocycles. The molecule has 0 spiro atoms. The Morgan fingerprint density at radius 2 is 2.00 bits per heavy atom. The average Bonchev–Trinajstić information content (AvgIpc) is 2.40. The van der Waals surface area contributed by atoms with Gasteiger partial charge in [0.25, 0.3) is 0 Å². The highest BCUT2D eigenvalue weighted by atomic mass is 19.2. The summed E-state index contributed by atoms with van der Waals surface area (Å²) in [6, 6.07) is 2.89. The first-order chi connectivity index (χ1) is 9.43. The molecule has 1 aliphatic heterocycles. The third-order valence-corrected chi connectivity index (χ3v) is 3.05. The van der Waals surface area contributed by atoms with Gasteiger partial charge in [0, 0.05) is 0 Å². The molecule has 4 nitrogen and oxygen atoms in total. The summed E-state index contributed by atoms with van der Waals surface area (Å²) < 4.78 is 31.1. The lowest BCUT2D eigenvalue weighted by molar-refractivity contribution is -0.136. The van der Waals surface area contributed by atoms with Crippen LogP contribution in [-0.2, 0) is 9.53 Å². The van der Waals surface area contributed by atoms with Crippen LogP contribution in [0.15, 0.2) is 34.5 Å². The number of carbonyl (C=O) groups is 1. The van der Waals surface area contributed by atoms with E-state index in [2.05, 4.69) is 10.3 Å². The first-order valence-corrected chi connectivity index (χ1v) is 6.00. The molecule has 1 aromatic rings. The average molecular weight is 280 g/mol. The minimum Gasteiger partial charge on any atom is -0.466 e. The van der Waals surface area contributed by atoms with Crippen molar-refractivity contribution in [2.75, 3.05) is 7.11 Å². The summed E-state index contributed by atoms with van der Waals surface area (Å²) in [6.45, 7) is 3.40. The molecule has 0 fully saturated rings. The highest BCUT2D eigenvalue weighted by Gasteiger charge is 2.29. The van der Waals surface area contributed by atoms with E-state index in [0.29, 0.717) is 17.1 Å². The van der Waals surface area contributed by atoms with Crippen LogP contribution in [0, 0.1) is 11.6 Å². The van der Waals surface area contributed by atoms with Crippen LogP contribution in [0.2, 0.25) is 0 Å². The monoisotopic (exact) mass is 280 g/mol. The first-order valence-electron chi connectivity index (χ1n) is 6.00. The predicted octanol–water partition coefficient (Wildman–Crippen LogP) is 2.47. The molecule has 0 bridgehead atoms. The summed E-state index contributed by atoms with van der Waals surface area (Å²) in [7, 11) is 1.26. The van der Waals surface area contributed by atoms with Gasteiger partial charge in [-0.1, -0.05) is 6.07 Å². The van der Waals surface area contributed by atoms with Gasteiger partial charge in [-0.2, -0.15) is 0 Å². The van der Waals surface area contributed by atoms with Gasteiger partial charge < -0.3 is 10.1 Å². The van der Waals surface area contributed by atoms with Crippen molar-refractivity contribution in [2.24, 2.45) is 4.99 Å². The number of ether oxygens (including phenoxy) is 1.